The summed E-state index contributed by atoms with van der Waals surface area (Å²) >= 11 is 1.59. The van der Waals surface area contributed by atoms with Crippen molar-refractivity contribution in [1.29, 1.82) is 0 Å². The lowest BCUT2D eigenvalue weighted by molar-refractivity contribution is 0.0846. The molecular formula is C11H17FN2OS. The van der Waals surface area contributed by atoms with Gasteiger partial charge < -0.3 is 10.4 Å². The fourth-order valence-electron chi connectivity index (χ4n) is 1.39. The second-order valence-corrected chi connectivity index (χ2v) is 4.91. The minimum absolute atomic E-state index is 0.338. The summed E-state index contributed by atoms with van der Waals surface area (Å²) in [7, 11) is 0. The number of pyridine rings is 1. The van der Waals surface area contributed by atoms with Crippen molar-refractivity contribution < 1.29 is 9.50 Å². The Bertz CT molecular complexity index is 334. The molecule has 1 aromatic rings. The molecule has 1 unspecified atom stereocenters. The van der Waals surface area contributed by atoms with Gasteiger partial charge in [-0.25, -0.2) is 4.39 Å². The molecule has 0 aliphatic heterocycles. The van der Waals surface area contributed by atoms with Crippen LogP contribution in [0.4, 0.5) is 4.39 Å². The average molecular weight is 244 g/mol. The van der Waals surface area contributed by atoms with E-state index in [-0.39, 0.29) is 5.82 Å². The van der Waals surface area contributed by atoms with Gasteiger partial charge >= 0.3 is 0 Å². The van der Waals surface area contributed by atoms with Gasteiger partial charge in [-0.05, 0) is 24.8 Å². The van der Waals surface area contributed by atoms with Gasteiger partial charge in [0, 0.05) is 25.0 Å². The Balaban J connectivity index is 2.35. The van der Waals surface area contributed by atoms with Gasteiger partial charge in [0.2, 0.25) is 0 Å². The Morgan fingerprint density at radius 3 is 2.94 bits per heavy atom. The van der Waals surface area contributed by atoms with Crippen LogP contribution in [0.1, 0.15) is 12.5 Å². The van der Waals surface area contributed by atoms with Crippen molar-refractivity contribution in [3.8, 4) is 0 Å². The van der Waals surface area contributed by atoms with Crippen LogP contribution in [0, 0.1) is 5.82 Å². The van der Waals surface area contributed by atoms with E-state index < -0.39 is 5.60 Å². The molecular weight excluding hydrogens is 227 g/mol. The van der Waals surface area contributed by atoms with Crippen molar-refractivity contribution in [2.24, 2.45) is 0 Å². The Morgan fingerprint density at radius 1 is 1.56 bits per heavy atom. The first-order chi connectivity index (χ1) is 7.53. The zero-order valence-corrected chi connectivity index (χ0v) is 10.4. The second-order valence-electron chi connectivity index (χ2n) is 4.04. The summed E-state index contributed by atoms with van der Waals surface area (Å²) in [6, 6.07) is 1.43. The molecule has 2 N–H and O–H groups in total. The third-order valence-electron chi connectivity index (χ3n) is 2.05. The molecule has 0 aliphatic carbocycles. The highest BCUT2D eigenvalue weighted by atomic mass is 32.2. The number of nitrogens with one attached hydrogen (secondary N) is 1. The van der Waals surface area contributed by atoms with Crippen LogP contribution in [0.3, 0.4) is 0 Å². The van der Waals surface area contributed by atoms with Gasteiger partial charge in [-0.2, -0.15) is 11.8 Å². The summed E-state index contributed by atoms with van der Waals surface area (Å²) in [5.41, 5.74) is 0.0418. The minimum atomic E-state index is -0.736. The van der Waals surface area contributed by atoms with Gasteiger partial charge in [0.15, 0.2) is 0 Å². The fourth-order valence-corrected chi connectivity index (χ4v) is 2.11. The molecule has 0 spiro atoms. The topological polar surface area (TPSA) is 45.1 Å². The lowest BCUT2D eigenvalue weighted by atomic mass is 10.1. The number of rotatable bonds is 6. The molecule has 0 saturated carbocycles. The Kier molecular flexibility index (Phi) is 5.18. The van der Waals surface area contributed by atoms with Gasteiger partial charge in [-0.1, -0.05) is 0 Å². The minimum Gasteiger partial charge on any atom is -0.388 e. The van der Waals surface area contributed by atoms with Gasteiger partial charge in [0.25, 0.3) is 0 Å². The number of aliphatic hydroxyl groups is 1. The smallest absolute Gasteiger partial charge is 0.141 e. The number of hydrogen-bond donors (Lipinski definition) is 2. The molecule has 0 amide bonds. The van der Waals surface area contributed by atoms with E-state index in [0.29, 0.717) is 18.8 Å². The summed E-state index contributed by atoms with van der Waals surface area (Å²) in [6.45, 7) is 2.76. The molecule has 5 heteroatoms. The third-order valence-corrected chi connectivity index (χ3v) is 2.96. The predicted octanol–water partition coefficient (Wildman–Crippen LogP) is 1.42. The lowest BCUT2D eigenvalue weighted by Crippen LogP contribution is -2.39. The number of aromatic nitrogens is 1. The standard InChI is InChI=1S/C11H17FN2OS/c1-11(15,8-16-2)7-14-5-9-3-10(12)6-13-4-9/h3-4,6,14-15H,5,7-8H2,1-2H3. The van der Waals surface area contributed by atoms with E-state index in [1.165, 1.54) is 12.3 Å². The van der Waals surface area contributed by atoms with Crippen molar-refractivity contribution in [3.63, 3.8) is 0 Å². The van der Waals surface area contributed by atoms with Crippen LogP contribution >= 0.6 is 11.8 Å². The number of thioether (sulfide) groups is 1. The van der Waals surface area contributed by atoms with Crippen molar-refractivity contribution in [1.82, 2.24) is 10.3 Å². The summed E-state index contributed by atoms with van der Waals surface area (Å²) in [5.74, 6) is 0.330. The van der Waals surface area contributed by atoms with E-state index in [2.05, 4.69) is 10.3 Å². The number of halogens is 1. The third kappa shape index (κ3) is 4.92. The summed E-state index contributed by atoms with van der Waals surface area (Å²) in [4.78, 5) is 3.75. The fraction of sp³-hybridized carbons (Fsp3) is 0.545. The van der Waals surface area contributed by atoms with Crippen LogP contribution in [-0.4, -0.2) is 34.2 Å². The van der Waals surface area contributed by atoms with Gasteiger partial charge in [0.1, 0.15) is 5.82 Å². The first-order valence-corrected chi connectivity index (χ1v) is 6.44. The first-order valence-electron chi connectivity index (χ1n) is 5.05. The quantitative estimate of drug-likeness (QED) is 0.794. The Labute approximate surface area is 99.5 Å². The predicted molar refractivity (Wildman–Crippen MR) is 64.9 cm³/mol. The highest BCUT2D eigenvalue weighted by Crippen LogP contribution is 2.09. The van der Waals surface area contributed by atoms with Crippen LogP contribution < -0.4 is 5.32 Å². The molecule has 90 valence electrons. The largest absolute Gasteiger partial charge is 0.388 e. The highest BCUT2D eigenvalue weighted by Gasteiger charge is 2.18. The first kappa shape index (κ1) is 13.4. The van der Waals surface area contributed by atoms with Crippen LogP contribution in [0.2, 0.25) is 0 Å². The van der Waals surface area contributed by atoms with Crippen molar-refractivity contribution in [3.05, 3.63) is 29.8 Å². The molecule has 0 saturated heterocycles. The summed E-state index contributed by atoms with van der Waals surface area (Å²) in [6.07, 6.45) is 4.73. The van der Waals surface area contributed by atoms with Crippen molar-refractivity contribution in [2.45, 2.75) is 19.1 Å². The van der Waals surface area contributed by atoms with E-state index in [0.717, 1.165) is 5.56 Å². The molecule has 3 nitrogen and oxygen atoms in total. The molecule has 1 aromatic heterocycles. The van der Waals surface area contributed by atoms with Gasteiger partial charge in [-0.15, -0.1) is 0 Å². The molecule has 0 fully saturated rings. The number of hydrogen-bond acceptors (Lipinski definition) is 4. The molecule has 0 aromatic carbocycles. The maximum Gasteiger partial charge on any atom is 0.141 e. The van der Waals surface area contributed by atoms with E-state index in [4.69, 9.17) is 0 Å². The summed E-state index contributed by atoms with van der Waals surface area (Å²) in [5, 5.41) is 13.0. The van der Waals surface area contributed by atoms with Crippen LogP contribution in [0.15, 0.2) is 18.5 Å². The van der Waals surface area contributed by atoms with Crippen molar-refractivity contribution >= 4 is 11.8 Å². The second kappa shape index (κ2) is 6.18. The van der Waals surface area contributed by atoms with Gasteiger partial charge in [-0.3, -0.25) is 4.98 Å². The van der Waals surface area contributed by atoms with Crippen LogP contribution in [-0.2, 0) is 6.54 Å². The molecule has 0 aliphatic rings. The van der Waals surface area contributed by atoms with E-state index in [1.54, 1.807) is 24.9 Å². The molecule has 1 atom stereocenters. The normalized spacial score (nSPS) is 14.8. The van der Waals surface area contributed by atoms with Crippen molar-refractivity contribution in [2.75, 3.05) is 18.6 Å². The maximum atomic E-state index is 12.8. The molecule has 1 rings (SSSR count). The van der Waals surface area contributed by atoms with E-state index >= 15 is 0 Å². The maximum absolute atomic E-state index is 12.8. The molecule has 16 heavy (non-hydrogen) atoms. The molecule has 0 bridgehead atoms. The lowest BCUT2D eigenvalue weighted by Gasteiger charge is -2.22. The monoisotopic (exact) mass is 244 g/mol. The Morgan fingerprint density at radius 2 is 2.31 bits per heavy atom. The highest BCUT2D eigenvalue weighted by molar-refractivity contribution is 7.98. The zero-order chi connectivity index (χ0) is 12.0. The molecule has 0 radical (unpaired) electrons. The van der Waals surface area contributed by atoms with Crippen LogP contribution in [0.5, 0.6) is 0 Å². The number of nitrogens with zero attached hydrogens (tertiary/aromatic N) is 1. The summed E-state index contributed by atoms with van der Waals surface area (Å²) < 4.78 is 12.8. The van der Waals surface area contributed by atoms with E-state index in [9.17, 15) is 9.50 Å². The van der Waals surface area contributed by atoms with Gasteiger partial charge in [0.05, 0.1) is 11.8 Å². The van der Waals surface area contributed by atoms with Crippen LogP contribution in [0.25, 0.3) is 0 Å². The average Bonchev–Trinajstić information content (AvgIpc) is 2.17. The SMILES string of the molecule is CSCC(C)(O)CNCc1cncc(F)c1. The molecule has 1 heterocycles. The Hall–Kier alpha value is -0.650. The zero-order valence-electron chi connectivity index (χ0n) is 9.53. The van der Waals surface area contributed by atoms with E-state index in [1.807, 2.05) is 6.26 Å².